The van der Waals surface area contributed by atoms with Gasteiger partial charge in [-0.25, -0.2) is 22.2 Å². The van der Waals surface area contributed by atoms with Crippen molar-refractivity contribution in [3.05, 3.63) is 89.2 Å². The number of pyridine rings is 1. The van der Waals surface area contributed by atoms with Crippen LogP contribution in [0.5, 0.6) is 0 Å². The molecule has 2 aromatic heterocycles. The molecule has 2 aromatic carbocycles. The zero-order valence-electron chi connectivity index (χ0n) is 18.3. The molecule has 35 heavy (non-hydrogen) atoms. The van der Waals surface area contributed by atoms with E-state index < -0.39 is 33.4 Å². The van der Waals surface area contributed by atoms with Crippen molar-refractivity contribution >= 4 is 45.0 Å². The maximum absolute atomic E-state index is 14.7. The van der Waals surface area contributed by atoms with Crippen molar-refractivity contribution in [2.45, 2.75) is 10.8 Å². The molecule has 0 aliphatic carbocycles. The van der Waals surface area contributed by atoms with Gasteiger partial charge in [0.25, 0.3) is 10.0 Å². The van der Waals surface area contributed by atoms with Gasteiger partial charge in [0.15, 0.2) is 5.78 Å². The van der Waals surface area contributed by atoms with Crippen molar-refractivity contribution < 1.29 is 22.0 Å². The number of aromatic amines is 1. The Balaban J connectivity index is 1.71. The molecular weight excluding hydrogens is 476 g/mol. The molecule has 0 saturated heterocycles. The summed E-state index contributed by atoms with van der Waals surface area (Å²) >= 11 is 0. The van der Waals surface area contributed by atoms with Gasteiger partial charge in [0.2, 0.25) is 0 Å². The van der Waals surface area contributed by atoms with Crippen LogP contribution in [0.2, 0.25) is 0 Å². The van der Waals surface area contributed by atoms with E-state index in [0.29, 0.717) is 16.6 Å². The minimum Gasteiger partial charge on any atom is -0.345 e. The minimum atomic E-state index is -4.18. The average Bonchev–Trinajstić information content (AvgIpc) is 3.26. The second-order valence-corrected chi connectivity index (χ2v) is 9.24. The molecule has 0 aliphatic rings. The fraction of sp³-hybridized carbons (Fsp3) is 0.0833. The summed E-state index contributed by atoms with van der Waals surface area (Å²) in [5, 5.41) is 8.01. The molecule has 1 atom stereocenters. The van der Waals surface area contributed by atoms with Crippen molar-refractivity contribution in [1.82, 2.24) is 9.97 Å². The lowest BCUT2D eigenvalue weighted by Crippen LogP contribution is -2.14. The fourth-order valence-corrected chi connectivity index (χ4v) is 4.61. The van der Waals surface area contributed by atoms with Gasteiger partial charge in [-0.3, -0.25) is 14.5 Å². The Morgan fingerprint density at radius 3 is 2.69 bits per heavy atom. The number of benzene rings is 2. The summed E-state index contributed by atoms with van der Waals surface area (Å²) in [5.74, 6) is -2.73. The Hall–Kier alpha value is -4.25. The molecule has 2 heterocycles. The van der Waals surface area contributed by atoms with E-state index in [1.54, 1.807) is 25.5 Å². The third kappa shape index (κ3) is 4.85. The number of sulfonamides is 1. The molecule has 0 amide bonds. The number of rotatable bonds is 8. The lowest BCUT2D eigenvalue weighted by atomic mass is 9.99. The van der Waals surface area contributed by atoms with Crippen LogP contribution in [-0.2, 0) is 10.0 Å². The van der Waals surface area contributed by atoms with Gasteiger partial charge < -0.3 is 10.4 Å². The number of halogens is 2. The lowest BCUT2D eigenvalue weighted by Gasteiger charge is -2.10. The van der Waals surface area contributed by atoms with Crippen molar-refractivity contribution in [3.8, 4) is 0 Å². The monoisotopic (exact) mass is 495 g/mol. The second-order valence-electron chi connectivity index (χ2n) is 7.55. The number of hydrogen-bond donors (Lipinski definition) is 3. The molecule has 178 valence electrons. The Morgan fingerprint density at radius 1 is 1.17 bits per heavy atom. The average molecular weight is 496 g/mol. The summed E-state index contributed by atoms with van der Waals surface area (Å²) in [6, 6.07) is 9.29. The molecule has 4 rings (SSSR count). The van der Waals surface area contributed by atoms with Gasteiger partial charge in [0.1, 0.15) is 17.3 Å². The first-order valence-electron chi connectivity index (χ1n) is 10.3. The number of aliphatic imine (C=N–C) groups is 1. The first-order valence-corrected chi connectivity index (χ1v) is 11.7. The summed E-state index contributed by atoms with van der Waals surface area (Å²) < 4.78 is 55.6. The Kier molecular flexibility index (Phi) is 6.52. The highest BCUT2D eigenvalue weighted by atomic mass is 32.2. The van der Waals surface area contributed by atoms with E-state index in [1.807, 2.05) is 0 Å². The highest BCUT2D eigenvalue weighted by Gasteiger charge is 2.22. The summed E-state index contributed by atoms with van der Waals surface area (Å²) in [4.78, 5) is 24.0. The van der Waals surface area contributed by atoms with Gasteiger partial charge in [-0.05, 0) is 48.0 Å². The van der Waals surface area contributed by atoms with Crippen LogP contribution >= 0.6 is 0 Å². The van der Waals surface area contributed by atoms with Crippen LogP contribution in [0, 0.1) is 17.0 Å². The van der Waals surface area contributed by atoms with Crippen LogP contribution < -0.4 is 4.72 Å². The number of nitrogens with zero attached hydrogens (tertiary/aromatic N) is 2. The van der Waals surface area contributed by atoms with Crippen LogP contribution in [-0.4, -0.2) is 43.6 Å². The zero-order valence-corrected chi connectivity index (χ0v) is 19.1. The SMILES string of the molecule is CN=CC(C=N)c1cnc2[nH]cc(C(=O)c3cc(NS(=O)(=O)c4cccc(F)c4)ccc3F)c2c1. The number of carbonyl (C=O) groups is 1. The highest BCUT2D eigenvalue weighted by molar-refractivity contribution is 7.92. The highest BCUT2D eigenvalue weighted by Crippen LogP contribution is 2.26. The molecule has 0 fully saturated rings. The van der Waals surface area contributed by atoms with Crippen molar-refractivity contribution in [3.63, 3.8) is 0 Å². The van der Waals surface area contributed by atoms with Crippen molar-refractivity contribution in [2.24, 2.45) is 4.99 Å². The molecule has 8 nitrogen and oxygen atoms in total. The molecule has 11 heteroatoms. The molecule has 3 N–H and O–H groups in total. The van der Waals surface area contributed by atoms with E-state index in [4.69, 9.17) is 5.41 Å². The number of carbonyl (C=O) groups excluding carboxylic acids is 1. The van der Waals surface area contributed by atoms with E-state index in [0.717, 1.165) is 30.3 Å². The van der Waals surface area contributed by atoms with Crippen LogP contribution in [0.25, 0.3) is 11.0 Å². The van der Waals surface area contributed by atoms with Gasteiger partial charge >= 0.3 is 0 Å². The van der Waals surface area contributed by atoms with E-state index in [-0.39, 0.29) is 21.7 Å². The van der Waals surface area contributed by atoms with E-state index >= 15 is 0 Å². The lowest BCUT2D eigenvalue weighted by molar-refractivity contribution is 0.103. The minimum absolute atomic E-state index is 0.0688. The van der Waals surface area contributed by atoms with Crippen LogP contribution in [0.3, 0.4) is 0 Å². The van der Waals surface area contributed by atoms with Crippen LogP contribution in [0.15, 0.2) is 70.8 Å². The third-order valence-electron chi connectivity index (χ3n) is 5.24. The largest absolute Gasteiger partial charge is 0.345 e. The predicted molar refractivity (Wildman–Crippen MR) is 129 cm³/mol. The first kappa shape index (κ1) is 23.9. The second kappa shape index (κ2) is 9.55. The van der Waals surface area contributed by atoms with Crippen molar-refractivity contribution in [1.29, 1.82) is 5.41 Å². The van der Waals surface area contributed by atoms with Crippen LogP contribution in [0.1, 0.15) is 27.4 Å². The third-order valence-corrected chi connectivity index (χ3v) is 6.62. The predicted octanol–water partition coefficient (Wildman–Crippen LogP) is 4.31. The number of ketones is 1. The Bertz CT molecular complexity index is 1580. The topological polar surface area (TPSA) is 128 Å². The standard InChI is InChI=1S/C24H19F2N5O3S/c1-28-11-15(10-27)14-7-19-21(13-30-24(19)29-12-14)23(32)20-9-17(5-6-22(20)26)31-35(33,34)18-4-2-3-16(25)8-18/h2-13,15,27,31H,1H3,(H,29,30). The molecule has 1 unspecified atom stereocenters. The first-order chi connectivity index (χ1) is 16.7. The molecule has 0 spiro atoms. The molecule has 4 aromatic rings. The van der Waals surface area contributed by atoms with Gasteiger partial charge in [-0.1, -0.05) is 6.07 Å². The number of hydrogen-bond acceptors (Lipinski definition) is 6. The molecule has 0 bridgehead atoms. The van der Waals surface area contributed by atoms with Crippen LogP contribution in [0.4, 0.5) is 14.5 Å². The molecule has 0 aliphatic heterocycles. The number of aromatic nitrogens is 2. The van der Waals surface area contributed by atoms with Gasteiger partial charge in [0, 0.05) is 48.5 Å². The Labute approximate surface area is 199 Å². The summed E-state index contributed by atoms with van der Waals surface area (Å²) in [7, 11) is -2.60. The van der Waals surface area contributed by atoms with Crippen molar-refractivity contribution in [2.75, 3.05) is 11.8 Å². The van der Waals surface area contributed by atoms with E-state index in [2.05, 4.69) is 19.7 Å². The van der Waals surface area contributed by atoms with E-state index in [9.17, 15) is 22.0 Å². The summed E-state index contributed by atoms with van der Waals surface area (Å²) in [5.41, 5.74) is 0.687. The summed E-state index contributed by atoms with van der Waals surface area (Å²) in [6.07, 6.45) is 5.67. The maximum Gasteiger partial charge on any atom is 0.261 e. The molecule has 0 radical (unpaired) electrons. The van der Waals surface area contributed by atoms with Gasteiger partial charge in [-0.2, -0.15) is 0 Å². The normalized spacial score (nSPS) is 12.7. The van der Waals surface area contributed by atoms with E-state index in [1.165, 1.54) is 24.5 Å². The molecular formula is C24H19F2N5O3S. The number of fused-ring (bicyclic) bond motifs is 1. The summed E-state index contributed by atoms with van der Waals surface area (Å²) in [6.45, 7) is 0. The smallest absolute Gasteiger partial charge is 0.261 e. The quantitative estimate of drug-likeness (QED) is 0.249. The molecule has 0 saturated carbocycles. The number of H-pyrrole nitrogens is 1. The number of anilines is 1. The number of nitrogens with one attached hydrogen (secondary N) is 3. The van der Waals surface area contributed by atoms with Gasteiger partial charge in [-0.15, -0.1) is 0 Å². The maximum atomic E-state index is 14.7. The Morgan fingerprint density at radius 2 is 1.97 bits per heavy atom. The zero-order chi connectivity index (χ0) is 25.2. The fourth-order valence-electron chi connectivity index (χ4n) is 3.53. The van der Waals surface area contributed by atoms with Gasteiger partial charge in [0.05, 0.1) is 16.4 Å².